The van der Waals surface area contributed by atoms with Gasteiger partial charge in [-0.3, -0.25) is 0 Å². The summed E-state index contributed by atoms with van der Waals surface area (Å²) in [7, 11) is 0. The lowest BCUT2D eigenvalue weighted by Crippen LogP contribution is -2.32. The highest BCUT2D eigenvalue weighted by atomic mass is 17.2. The van der Waals surface area contributed by atoms with Crippen molar-refractivity contribution in [3.63, 3.8) is 0 Å². The molecule has 1 fully saturated rings. The monoisotopic (exact) mass is 254 g/mol. The lowest BCUT2D eigenvalue weighted by Gasteiger charge is -2.27. The van der Waals surface area contributed by atoms with Gasteiger partial charge >= 0.3 is 0 Å². The van der Waals surface area contributed by atoms with Gasteiger partial charge in [0.15, 0.2) is 5.60 Å². The minimum atomic E-state index is -0.819. The first kappa shape index (κ1) is 15.5. The Labute approximate surface area is 111 Å². The van der Waals surface area contributed by atoms with Crippen molar-refractivity contribution in [2.75, 3.05) is 0 Å². The van der Waals surface area contributed by atoms with Crippen LogP contribution in [0.2, 0.25) is 0 Å². The Morgan fingerprint density at radius 3 is 2.17 bits per heavy atom. The van der Waals surface area contributed by atoms with Gasteiger partial charge in [0.2, 0.25) is 0 Å². The highest BCUT2D eigenvalue weighted by Gasteiger charge is 2.30. The van der Waals surface area contributed by atoms with E-state index in [9.17, 15) is 5.11 Å². The molecule has 0 aliphatic heterocycles. The van der Waals surface area contributed by atoms with E-state index in [1.54, 1.807) is 0 Å². The Morgan fingerprint density at radius 1 is 1.11 bits per heavy atom. The molecule has 0 aromatic heterocycles. The molecule has 1 N–H and O–H groups in total. The maximum absolute atomic E-state index is 10.2. The van der Waals surface area contributed by atoms with Crippen molar-refractivity contribution in [1.82, 2.24) is 0 Å². The third-order valence-electron chi connectivity index (χ3n) is 3.35. The van der Waals surface area contributed by atoms with E-state index in [1.165, 1.54) is 0 Å². The zero-order valence-corrected chi connectivity index (χ0v) is 12.3. The predicted molar refractivity (Wildman–Crippen MR) is 71.8 cm³/mol. The first-order valence-electron chi connectivity index (χ1n) is 6.82. The van der Waals surface area contributed by atoms with Crippen LogP contribution in [0.1, 0.15) is 66.7 Å². The van der Waals surface area contributed by atoms with Gasteiger partial charge in [-0.25, -0.2) is 9.78 Å². The molecular weight excluding hydrogens is 228 g/mol. The topological polar surface area (TPSA) is 38.7 Å². The van der Waals surface area contributed by atoms with Gasteiger partial charge in [0.05, 0.1) is 5.60 Å². The first-order valence-corrected chi connectivity index (χ1v) is 6.82. The summed E-state index contributed by atoms with van der Waals surface area (Å²) in [6, 6.07) is 0. The van der Waals surface area contributed by atoms with Crippen molar-refractivity contribution in [1.29, 1.82) is 0 Å². The summed E-state index contributed by atoms with van der Waals surface area (Å²) >= 11 is 0. The minimum Gasteiger partial charge on any atom is -0.378 e. The molecule has 0 radical (unpaired) electrons. The molecule has 3 nitrogen and oxygen atoms in total. The molecule has 0 aromatic rings. The summed E-state index contributed by atoms with van der Waals surface area (Å²) in [5.41, 5.74) is -1.84. The van der Waals surface area contributed by atoms with E-state index in [4.69, 9.17) is 9.78 Å². The maximum atomic E-state index is 10.2. The zero-order chi connectivity index (χ0) is 13.9. The summed E-state index contributed by atoms with van der Waals surface area (Å²) in [5.74, 6) is 5.94. The molecule has 1 aliphatic rings. The molecule has 0 atom stereocenters. The SMILES string of the molecule is CCC(C)(C)OOC(C)(C)C#CC1(O)CCCC1. The Bertz CT molecular complexity index is 327. The van der Waals surface area contributed by atoms with Gasteiger partial charge in [0.1, 0.15) is 5.60 Å². The second-order valence-corrected chi connectivity index (χ2v) is 6.28. The first-order chi connectivity index (χ1) is 8.18. The Morgan fingerprint density at radius 2 is 1.67 bits per heavy atom. The summed E-state index contributed by atoms with van der Waals surface area (Å²) in [6.45, 7) is 9.69. The van der Waals surface area contributed by atoms with Gasteiger partial charge in [0.25, 0.3) is 0 Å². The second kappa shape index (κ2) is 5.61. The van der Waals surface area contributed by atoms with Crippen LogP contribution < -0.4 is 0 Å². The van der Waals surface area contributed by atoms with E-state index in [2.05, 4.69) is 11.8 Å². The summed E-state index contributed by atoms with van der Waals surface area (Å²) in [5, 5.41) is 10.2. The number of aliphatic hydroxyl groups is 1. The van der Waals surface area contributed by atoms with Crippen LogP contribution in [0.15, 0.2) is 0 Å². The van der Waals surface area contributed by atoms with Crippen molar-refractivity contribution in [3.8, 4) is 11.8 Å². The number of hydrogen-bond donors (Lipinski definition) is 1. The lowest BCUT2D eigenvalue weighted by atomic mass is 10.0. The van der Waals surface area contributed by atoms with Crippen molar-refractivity contribution in [2.24, 2.45) is 0 Å². The van der Waals surface area contributed by atoms with Gasteiger partial charge in [-0.2, -0.15) is 0 Å². The van der Waals surface area contributed by atoms with E-state index in [1.807, 2.05) is 34.6 Å². The zero-order valence-electron chi connectivity index (χ0n) is 12.3. The summed E-state index contributed by atoms with van der Waals surface area (Å²) < 4.78 is 0. The average Bonchev–Trinajstić information content (AvgIpc) is 2.73. The van der Waals surface area contributed by atoms with E-state index in [0.717, 1.165) is 32.1 Å². The van der Waals surface area contributed by atoms with Gasteiger partial charge in [-0.15, -0.1) is 0 Å². The molecule has 1 aliphatic carbocycles. The predicted octanol–water partition coefficient (Wildman–Crippen LogP) is 3.21. The van der Waals surface area contributed by atoms with Gasteiger partial charge in [0, 0.05) is 0 Å². The highest BCUT2D eigenvalue weighted by molar-refractivity contribution is 5.20. The standard InChI is InChI=1S/C15H26O3/c1-6-13(2,3)17-18-14(4,5)11-12-15(16)9-7-8-10-15/h16H,6-10H2,1-5H3. The highest BCUT2D eigenvalue weighted by Crippen LogP contribution is 2.29. The maximum Gasteiger partial charge on any atom is 0.158 e. The van der Waals surface area contributed by atoms with Crippen LogP contribution in [0.25, 0.3) is 0 Å². The normalized spacial score (nSPS) is 19.4. The van der Waals surface area contributed by atoms with Crippen molar-refractivity contribution >= 4 is 0 Å². The van der Waals surface area contributed by atoms with Crippen LogP contribution in [0.5, 0.6) is 0 Å². The molecule has 1 saturated carbocycles. The van der Waals surface area contributed by atoms with Crippen molar-refractivity contribution in [2.45, 2.75) is 83.5 Å². The molecule has 0 unspecified atom stereocenters. The molecule has 1 rings (SSSR count). The fourth-order valence-electron chi connectivity index (χ4n) is 1.65. The number of rotatable bonds is 4. The van der Waals surface area contributed by atoms with E-state index in [-0.39, 0.29) is 5.60 Å². The number of hydrogen-bond acceptors (Lipinski definition) is 3. The Hall–Kier alpha value is -0.560. The largest absolute Gasteiger partial charge is 0.378 e. The van der Waals surface area contributed by atoms with Gasteiger partial charge < -0.3 is 5.11 Å². The molecule has 104 valence electrons. The van der Waals surface area contributed by atoms with E-state index < -0.39 is 11.2 Å². The smallest absolute Gasteiger partial charge is 0.158 e. The molecular formula is C15H26O3. The molecule has 0 amide bonds. The van der Waals surface area contributed by atoms with Crippen LogP contribution in [0.3, 0.4) is 0 Å². The third kappa shape index (κ3) is 4.97. The average molecular weight is 254 g/mol. The van der Waals surface area contributed by atoms with Crippen LogP contribution in [0.4, 0.5) is 0 Å². The summed E-state index contributed by atoms with van der Waals surface area (Å²) in [6.07, 6.45) is 4.48. The molecule has 0 saturated heterocycles. The van der Waals surface area contributed by atoms with Gasteiger partial charge in [-0.05, 0) is 59.8 Å². The van der Waals surface area contributed by atoms with Crippen LogP contribution >= 0.6 is 0 Å². The fraction of sp³-hybridized carbons (Fsp3) is 0.867. The van der Waals surface area contributed by atoms with E-state index in [0.29, 0.717) is 0 Å². The van der Waals surface area contributed by atoms with Gasteiger partial charge in [-0.1, -0.05) is 18.8 Å². The molecule has 0 bridgehead atoms. The van der Waals surface area contributed by atoms with Crippen LogP contribution in [-0.2, 0) is 9.78 Å². The van der Waals surface area contributed by atoms with E-state index >= 15 is 0 Å². The minimum absolute atomic E-state index is 0.316. The van der Waals surface area contributed by atoms with Crippen molar-refractivity contribution < 1.29 is 14.9 Å². The molecule has 0 heterocycles. The Kier molecular flexibility index (Phi) is 4.83. The van der Waals surface area contributed by atoms with Crippen molar-refractivity contribution in [3.05, 3.63) is 0 Å². The van der Waals surface area contributed by atoms with Crippen LogP contribution in [-0.4, -0.2) is 21.9 Å². The molecule has 3 heteroatoms. The summed E-state index contributed by atoms with van der Waals surface area (Å²) in [4.78, 5) is 10.8. The molecule has 0 spiro atoms. The molecule has 18 heavy (non-hydrogen) atoms. The quantitative estimate of drug-likeness (QED) is 0.475. The second-order valence-electron chi connectivity index (χ2n) is 6.28. The van der Waals surface area contributed by atoms with Crippen LogP contribution in [0, 0.1) is 11.8 Å². The third-order valence-corrected chi connectivity index (χ3v) is 3.35. The molecule has 0 aromatic carbocycles. The fourth-order valence-corrected chi connectivity index (χ4v) is 1.65. The lowest BCUT2D eigenvalue weighted by molar-refractivity contribution is -0.388. The Balaban J connectivity index is 2.56.